The van der Waals surface area contributed by atoms with Crippen LogP contribution in [0.2, 0.25) is 5.02 Å². The molecular weight excluding hydrogens is 432 g/mol. The molecule has 2 aliphatic heterocycles. The predicted octanol–water partition coefficient (Wildman–Crippen LogP) is 5.61. The number of piperidine rings is 1. The summed E-state index contributed by atoms with van der Waals surface area (Å²) in [5, 5.41) is 11.4. The molecule has 0 spiro atoms. The molecule has 2 aliphatic rings. The zero-order valence-electron chi connectivity index (χ0n) is 18.9. The van der Waals surface area contributed by atoms with Crippen LogP contribution in [0, 0.1) is 0 Å². The van der Waals surface area contributed by atoms with Gasteiger partial charge in [-0.3, -0.25) is 4.90 Å². The second-order valence-corrected chi connectivity index (χ2v) is 9.56. The van der Waals surface area contributed by atoms with Crippen molar-refractivity contribution in [3.05, 3.63) is 82.9 Å². The van der Waals surface area contributed by atoms with Gasteiger partial charge in [0, 0.05) is 36.3 Å². The molecule has 0 bridgehead atoms. The molecule has 0 radical (unpaired) electrons. The lowest BCUT2D eigenvalue weighted by molar-refractivity contribution is 0.0973. The van der Waals surface area contributed by atoms with Gasteiger partial charge >= 0.3 is 0 Å². The zero-order chi connectivity index (χ0) is 22.6. The van der Waals surface area contributed by atoms with Crippen molar-refractivity contribution in [2.24, 2.45) is 0 Å². The Morgan fingerprint density at radius 2 is 1.73 bits per heavy atom. The van der Waals surface area contributed by atoms with E-state index in [2.05, 4.69) is 46.2 Å². The summed E-state index contributed by atoms with van der Waals surface area (Å²) in [6.45, 7) is 5.68. The van der Waals surface area contributed by atoms with Crippen molar-refractivity contribution < 1.29 is 9.84 Å². The second-order valence-electron chi connectivity index (χ2n) is 9.12. The number of nitrogens with zero attached hydrogens (tertiary/aromatic N) is 2. The predicted molar refractivity (Wildman–Crippen MR) is 134 cm³/mol. The highest BCUT2D eigenvalue weighted by Crippen LogP contribution is 2.38. The van der Waals surface area contributed by atoms with Crippen LogP contribution in [-0.4, -0.2) is 53.7 Å². The Kier molecular flexibility index (Phi) is 6.86. The summed E-state index contributed by atoms with van der Waals surface area (Å²) in [5.74, 6) is 0.837. The number of halogens is 1. The minimum atomic E-state index is 0.208. The molecule has 0 atom stereocenters. The Hall–Kier alpha value is -2.53. The highest BCUT2D eigenvalue weighted by molar-refractivity contribution is 6.30. The van der Waals surface area contributed by atoms with Crippen molar-refractivity contribution >= 4 is 11.6 Å². The zero-order valence-corrected chi connectivity index (χ0v) is 19.7. The average Bonchev–Trinajstić information content (AvgIpc) is 3.07. The van der Waals surface area contributed by atoms with E-state index in [0.717, 1.165) is 55.8 Å². The van der Waals surface area contributed by atoms with Gasteiger partial charge in [0.15, 0.2) is 11.5 Å². The maximum Gasteiger partial charge on any atom is 0.165 e. The maximum absolute atomic E-state index is 10.7. The summed E-state index contributed by atoms with van der Waals surface area (Å²) >= 11 is 6.20. The summed E-state index contributed by atoms with van der Waals surface area (Å²) in [7, 11) is 0. The highest BCUT2D eigenvalue weighted by atomic mass is 35.5. The highest BCUT2D eigenvalue weighted by Gasteiger charge is 2.28. The van der Waals surface area contributed by atoms with Gasteiger partial charge in [0.2, 0.25) is 0 Å². The van der Waals surface area contributed by atoms with Crippen LogP contribution >= 0.6 is 11.6 Å². The first kappa shape index (κ1) is 22.3. The van der Waals surface area contributed by atoms with Crippen molar-refractivity contribution in [1.29, 1.82) is 0 Å². The standard InChI is InChI=1S/C28H31ClN2O2/c29-25-8-4-7-22(18-25)23-17-24-20-31(15-16-33-28(24)27(32)19-23)26-10-13-30(14-11-26)12-9-21-5-2-1-3-6-21/h1-8,17-19,26,32H,9-16,20H2. The number of hydrogen-bond acceptors (Lipinski definition) is 4. The van der Waals surface area contributed by atoms with Crippen LogP contribution in [0.25, 0.3) is 11.1 Å². The smallest absolute Gasteiger partial charge is 0.165 e. The first-order valence-electron chi connectivity index (χ1n) is 11.9. The molecule has 0 unspecified atom stereocenters. The maximum atomic E-state index is 10.7. The molecule has 0 aromatic heterocycles. The molecule has 4 nitrogen and oxygen atoms in total. The number of benzene rings is 3. The van der Waals surface area contributed by atoms with Gasteiger partial charge < -0.3 is 14.7 Å². The number of hydrogen-bond donors (Lipinski definition) is 1. The largest absolute Gasteiger partial charge is 0.504 e. The van der Waals surface area contributed by atoms with Gasteiger partial charge in [-0.05, 0) is 73.3 Å². The fourth-order valence-electron chi connectivity index (χ4n) is 5.11. The number of fused-ring (bicyclic) bond motifs is 1. The van der Waals surface area contributed by atoms with Crippen LogP contribution < -0.4 is 4.74 Å². The monoisotopic (exact) mass is 462 g/mol. The molecule has 1 fully saturated rings. The van der Waals surface area contributed by atoms with Crippen LogP contribution in [0.3, 0.4) is 0 Å². The molecule has 0 aliphatic carbocycles. The van der Waals surface area contributed by atoms with Crippen molar-refractivity contribution in [2.45, 2.75) is 31.8 Å². The van der Waals surface area contributed by atoms with Crippen LogP contribution in [0.1, 0.15) is 24.0 Å². The van der Waals surface area contributed by atoms with Crippen molar-refractivity contribution in [2.75, 3.05) is 32.8 Å². The molecule has 3 aromatic rings. The van der Waals surface area contributed by atoms with E-state index in [9.17, 15) is 5.11 Å². The van der Waals surface area contributed by atoms with E-state index in [1.165, 1.54) is 18.4 Å². The quantitative estimate of drug-likeness (QED) is 0.534. The first-order valence-corrected chi connectivity index (χ1v) is 12.3. The lowest BCUT2D eigenvalue weighted by Gasteiger charge is -2.38. The molecule has 172 valence electrons. The molecule has 5 rings (SSSR count). The molecule has 0 saturated carbocycles. The Morgan fingerprint density at radius 3 is 2.52 bits per heavy atom. The van der Waals surface area contributed by atoms with E-state index in [1.54, 1.807) is 6.07 Å². The molecule has 0 amide bonds. The van der Waals surface area contributed by atoms with Gasteiger partial charge in [0.25, 0.3) is 0 Å². The third kappa shape index (κ3) is 5.35. The topological polar surface area (TPSA) is 35.9 Å². The van der Waals surface area contributed by atoms with E-state index in [-0.39, 0.29) is 5.75 Å². The summed E-state index contributed by atoms with van der Waals surface area (Å²) < 4.78 is 6.00. The summed E-state index contributed by atoms with van der Waals surface area (Å²) in [5.41, 5.74) is 4.43. The van der Waals surface area contributed by atoms with Crippen LogP contribution in [0.5, 0.6) is 11.5 Å². The molecule has 1 N–H and O–H groups in total. The fourth-order valence-corrected chi connectivity index (χ4v) is 5.30. The van der Waals surface area contributed by atoms with Crippen molar-refractivity contribution in [3.8, 4) is 22.6 Å². The third-order valence-electron chi connectivity index (χ3n) is 6.94. The van der Waals surface area contributed by atoms with Gasteiger partial charge in [0.1, 0.15) is 6.61 Å². The molecule has 3 aromatic carbocycles. The summed E-state index contributed by atoms with van der Waals surface area (Å²) in [4.78, 5) is 5.14. The van der Waals surface area contributed by atoms with Crippen molar-refractivity contribution in [3.63, 3.8) is 0 Å². The fraction of sp³-hybridized carbons (Fsp3) is 0.357. The minimum Gasteiger partial charge on any atom is -0.504 e. The van der Waals surface area contributed by atoms with E-state index < -0.39 is 0 Å². The lowest BCUT2D eigenvalue weighted by Crippen LogP contribution is -2.45. The lowest BCUT2D eigenvalue weighted by atomic mass is 9.99. The molecule has 1 saturated heterocycles. The molecular formula is C28H31ClN2O2. The summed E-state index contributed by atoms with van der Waals surface area (Å²) in [6, 6.07) is 23.0. The van der Waals surface area contributed by atoms with Crippen LogP contribution in [-0.2, 0) is 13.0 Å². The van der Waals surface area contributed by atoms with Gasteiger partial charge in [-0.2, -0.15) is 0 Å². The number of phenolic OH excluding ortho intramolecular Hbond substituents is 1. The third-order valence-corrected chi connectivity index (χ3v) is 7.17. The van der Waals surface area contributed by atoms with Gasteiger partial charge in [0.05, 0.1) is 0 Å². The Bertz CT molecular complexity index is 1080. The Morgan fingerprint density at radius 1 is 0.909 bits per heavy atom. The minimum absolute atomic E-state index is 0.208. The van der Waals surface area contributed by atoms with Gasteiger partial charge in [-0.1, -0.05) is 54.1 Å². The number of likely N-dealkylation sites (tertiary alicyclic amines) is 1. The Balaban J connectivity index is 1.24. The normalized spacial score (nSPS) is 17.8. The SMILES string of the molecule is Oc1cc(-c2cccc(Cl)c2)cc2c1OCCN(C1CCN(CCc3ccccc3)CC1)C2. The number of phenols is 1. The average molecular weight is 463 g/mol. The van der Waals surface area contributed by atoms with Crippen LogP contribution in [0.4, 0.5) is 0 Å². The summed E-state index contributed by atoms with van der Waals surface area (Å²) in [6.07, 6.45) is 3.45. The van der Waals surface area contributed by atoms with Gasteiger partial charge in [-0.25, -0.2) is 0 Å². The second kappa shape index (κ2) is 10.2. The molecule has 33 heavy (non-hydrogen) atoms. The van der Waals surface area contributed by atoms with E-state index >= 15 is 0 Å². The van der Waals surface area contributed by atoms with Crippen LogP contribution in [0.15, 0.2) is 66.7 Å². The molecule has 2 heterocycles. The number of ether oxygens (including phenoxy) is 1. The first-order chi connectivity index (χ1) is 16.2. The number of aromatic hydroxyl groups is 1. The number of rotatable bonds is 5. The molecule has 5 heteroatoms. The van der Waals surface area contributed by atoms with E-state index in [1.807, 2.05) is 24.3 Å². The van der Waals surface area contributed by atoms with E-state index in [4.69, 9.17) is 16.3 Å². The Labute approximate surface area is 201 Å². The van der Waals surface area contributed by atoms with E-state index in [0.29, 0.717) is 23.4 Å². The van der Waals surface area contributed by atoms with Gasteiger partial charge in [-0.15, -0.1) is 0 Å². The van der Waals surface area contributed by atoms with Crippen molar-refractivity contribution in [1.82, 2.24) is 9.80 Å².